The van der Waals surface area contributed by atoms with Crippen molar-refractivity contribution in [3.63, 3.8) is 0 Å². The largest absolute Gasteiger partial charge is 0.457 e. The molecule has 0 amide bonds. The minimum atomic E-state index is -3.22. The fourth-order valence-corrected chi connectivity index (χ4v) is 6.91. The molecule has 0 saturated carbocycles. The van der Waals surface area contributed by atoms with E-state index < -0.39 is 7.14 Å². The predicted octanol–water partition coefficient (Wildman–Crippen LogP) is 7.53. The van der Waals surface area contributed by atoms with Gasteiger partial charge in [-0.2, -0.15) is 0 Å². The molecule has 0 bridgehead atoms. The molecule has 0 aliphatic rings. The van der Waals surface area contributed by atoms with Gasteiger partial charge in [0.2, 0.25) is 0 Å². The molecule has 5 aromatic rings. The average Bonchev–Trinajstić information content (AvgIpc) is 2.89. The Balaban J connectivity index is 1.68. The first-order valence-corrected chi connectivity index (χ1v) is 13.6. The highest BCUT2D eigenvalue weighted by Gasteiger charge is 2.31. The summed E-state index contributed by atoms with van der Waals surface area (Å²) in [5.41, 5.74) is 2.19. The monoisotopic (exact) mass is 490 g/mol. The summed E-state index contributed by atoms with van der Waals surface area (Å²) >= 11 is 0. The third-order valence-electron chi connectivity index (χ3n) is 5.92. The summed E-state index contributed by atoms with van der Waals surface area (Å²) in [5, 5.41) is 2.16. The molecule has 0 fully saturated rings. The fourth-order valence-electron chi connectivity index (χ4n) is 4.21. The number of ether oxygens (including phenoxy) is 2. The lowest BCUT2D eigenvalue weighted by Gasteiger charge is -2.22. The lowest BCUT2D eigenvalue weighted by Crippen LogP contribution is -2.25. The van der Waals surface area contributed by atoms with E-state index >= 15 is 4.57 Å². The summed E-state index contributed by atoms with van der Waals surface area (Å²) in [6, 6.07) is 40.5. The van der Waals surface area contributed by atoms with E-state index in [1.807, 2.05) is 141 Å². The molecule has 0 aliphatic carbocycles. The predicted molar refractivity (Wildman–Crippen MR) is 148 cm³/mol. The first-order valence-electron chi connectivity index (χ1n) is 11.9. The molecule has 0 saturated heterocycles. The normalized spacial score (nSPS) is 11.2. The van der Waals surface area contributed by atoms with Gasteiger partial charge in [-0.15, -0.1) is 0 Å². The molecule has 0 heterocycles. The molecule has 3 nitrogen and oxygen atoms in total. The Bertz CT molecular complexity index is 1420. The summed E-state index contributed by atoms with van der Waals surface area (Å²) in [4.78, 5) is 0. The van der Waals surface area contributed by atoms with E-state index in [0.29, 0.717) is 28.3 Å². The molecule has 5 rings (SSSR count). The summed E-state index contributed by atoms with van der Waals surface area (Å²) in [6.45, 7) is 4.04. The van der Waals surface area contributed by atoms with Gasteiger partial charge >= 0.3 is 0 Å². The summed E-state index contributed by atoms with van der Waals surface area (Å²) in [5.74, 6) is 2.55. The summed E-state index contributed by atoms with van der Waals surface area (Å²) < 4.78 is 27.6. The van der Waals surface area contributed by atoms with Crippen LogP contribution in [0.25, 0.3) is 0 Å². The topological polar surface area (TPSA) is 35.5 Å². The minimum Gasteiger partial charge on any atom is -0.457 e. The van der Waals surface area contributed by atoms with Crippen molar-refractivity contribution < 1.29 is 14.0 Å². The quantitative estimate of drug-likeness (QED) is 0.221. The van der Waals surface area contributed by atoms with E-state index in [9.17, 15) is 0 Å². The Morgan fingerprint density at radius 3 is 1.31 bits per heavy atom. The van der Waals surface area contributed by atoms with Gasteiger partial charge in [-0.1, -0.05) is 84.9 Å². The fraction of sp³-hybridized carbons (Fsp3) is 0.0625. The van der Waals surface area contributed by atoms with Gasteiger partial charge in [0, 0.05) is 22.0 Å². The molecule has 0 radical (unpaired) electrons. The second-order valence-corrected chi connectivity index (χ2v) is 11.5. The van der Waals surface area contributed by atoms with Crippen LogP contribution in [-0.4, -0.2) is 0 Å². The summed E-state index contributed by atoms with van der Waals surface area (Å²) in [7, 11) is -3.22. The molecule has 0 spiro atoms. The zero-order valence-electron chi connectivity index (χ0n) is 20.3. The third-order valence-corrected chi connectivity index (χ3v) is 8.95. The molecular weight excluding hydrogens is 463 g/mol. The van der Waals surface area contributed by atoms with E-state index in [2.05, 4.69) is 0 Å². The van der Waals surface area contributed by atoms with Crippen molar-refractivity contribution in [3.8, 4) is 23.0 Å². The van der Waals surface area contributed by atoms with Crippen molar-refractivity contribution in [1.82, 2.24) is 0 Å². The standard InChI is InChI=1S/C32H27O3P/c1-24-11-9-13-26(19-24)34-28-21-29(35-27-14-10-12-25(2)20-27)23-32(22-28)36(33,30-15-5-3-6-16-30)31-17-7-4-8-18-31/h3-23H,1-2H3. The van der Waals surface area contributed by atoms with Crippen LogP contribution in [0, 0.1) is 13.8 Å². The van der Waals surface area contributed by atoms with Gasteiger partial charge in [-0.05, 0) is 61.4 Å². The van der Waals surface area contributed by atoms with Crippen LogP contribution in [0.1, 0.15) is 11.1 Å². The zero-order chi connectivity index (χ0) is 25.0. The van der Waals surface area contributed by atoms with E-state index in [1.165, 1.54) is 0 Å². The van der Waals surface area contributed by atoms with Crippen molar-refractivity contribution in [2.45, 2.75) is 13.8 Å². The van der Waals surface area contributed by atoms with Crippen molar-refractivity contribution in [2.75, 3.05) is 0 Å². The third kappa shape index (κ3) is 5.12. The molecule has 36 heavy (non-hydrogen) atoms. The summed E-state index contributed by atoms with van der Waals surface area (Å²) in [6.07, 6.45) is 0. The Labute approximate surface area is 212 Å². The van der Waals surface area contributed by atoms with Crippen LogP contribution in [0.5, 0.6) is 23.0 Å². The first kappa shape index (κ1) is 23.7. The van der Waals surface area contributed by atoms with E-state index in [0.717, 1.165) is 21.7 Å². The van der Waals surface area contributed by atoms with Gasteiger partial charge in [0.25, 0.3) is 0 Å². The first-order chi connectivity index (χ1) is 17.5. The number of hydrogen-bond acceptors (Lipinski definition) is 3. The Morgan fingerprint density at radius 1 is 0.444 bits per heavy atom. The van der Waals surface area contributed by atoms with Crippen LogP contribution in [-0.2, 0) is 4.57 Å². The smallest absolute Gasteiger partial charge is 0.171 e. The Hall–Kier alpha value is -4.07. The second kappa shape index (κ2) is 10.3. The van der Waals surface area contributed by atoms with Gasteiger partial charge in [0.1, 0.15) is 23.0 Å². The molecule has 0 N–H and O–H groups in total. The van der Waals surface area contributed by atoms with E-state index in [-0.39, 0.29) is 0 Å². The number of benzene rings is 5. The van der Waals surface area contributed by atoms with Gasteiger partial charge < -0.3 is 14.0 Å². The zero-order valence-corrected chi connectivity index (χ0v) is 21.2. The lowest BCUT2D eigenvalue weighted by atomic mass is 10.2. The van der Waals surface area contributed by atoms with Crippen molar-refractivity contribution >= 4 is 23.1 Å². The maximum Gasteiger partial charge on any atom is 0.171 e. The van der Waals surface area contributed by atoms with Crippen molar-refractivity contribution in [3.05, 3.63) is 139 Å². The van der Waals surface area contributed by atoms with Crippen LogP contribution < -0.4 is 25.4 Å². The van der Waals surface area contributed by atoms with Crippen LogP contribution in [0.15, 0.2) is 127 Å². The van der Waals surface area contributed by atoms with Crippen LogP contribution in [0.3, 0.4) is 0 Å². The Kier molecular flexibility index (Phi) is 6.75. The van der Waals surface area contributed by atoms with E-state index in [4.69, 9.17) is 9.47 Å². The SMILES string of the molecule is Cc1cccc(Oc2cc(Oc3cccc(C)c3)cc(P(=O)(c3ccccc3)c3ccccc3)c2)c1. The van der Waals surface area contributed by atoms with Gasteiger partial charge in [0.15, 0.2) is 7.14 Å². The maximum atomic E-state index is 15.0. The maximum absolute atomic E-state index is 15.0. The van der Waals surface area contributed by atoms with Gasteiger partial charge in [-0.3, -0.25) is 0 Å². The molecule has 5 aromatic carbocycles. The van der Waals surface area contributed by atoms with Gasteiger partial charge in [-0.25, -0.2) is 0 Å². The van der Waals surface area contributed by atoms with Crippen LogP contribution in [0.2, 0.25) is 0 Å². The van der Waals surface area contributed by atoms with Crippen molar-refractivity contribution in [2.24, 2.45) is 0 Å². The lowest BCUT2D eigenvalue weighted by molar-refractivity contribution is 0.460. The average molecular weight is 491 g/mol. The highest BCUT2D eigenvalue weighted by molar-refractivity contribution is 7.85. The second-order valence-electron chi connectivity index (χ2n) is 8.78. The molecule has 178 valence electrons. The minimum absolute atomic E-state index is 0.563. The Morgan fingerprint density at radius 2 is 0.889 bits per heavy atom. The highest BCUT2D eigenvalue weighted by Crippen LogP contribution is 2.44. The molecule has 4 heteroatoms. The molecular formula is C32H27O3P. The number of hydrogen-bond donors (Lipinski definition) is 0. The van der Waals surface area contributed by atoms with Crippen LogP contribution >= 0.6 is 7.14 Å². The molecule has 0 unspecified atom stereocenters. The van der Waals surface area contributed by atoms with Gasteiger partial charge in [0.05, 0.1) is 0 Å². The van der Waals surface area contributed by atoms with Crippen LogP contribution in [0.4, 0.5) is 0 Å². The number of aryl methyl sites for hydroxylation is 2. The number of rotatable bonds is 7. The van der Waals surface area contributed by atoms with Crippen molar-refractivity contribution in [1.29, 1.82) is 0 Å². The molecule has 0 aliphatic heterocycles. The molecule has 0 aromatic heterocycles. The van der Waals surface area contributed by atoms with E-state index in [1.54, 1.807) is 0 Å². The molecule has 0 atom stereocenters. The highest BCUT2D eigenvalue weighted by atomic mass is 31.2.